The normalized spacial score (nSPS) is 16.7. The number of carbonyl (C=O) groups is 1. The Morgan fingerprint density at radius 3 is 2.00 bits per heavy atom. The van der Waals surface area contributed by atoms with Gasteiger partial charge in [0.25, 0.3) is 0 Å². The quantitative estimate of drug-likeness (QED) is 0.190. The summed E-state index contributed by atoms with van der Waals surface area (Å²) in [7, 11) is 3.95. The molecule has 0 saturated carbocycles. The zero-order chi connectivity index (χ0) is 19.4. The van der Waals surface area contributed by atoms with Gasteiger partial charge in [0.1, 0.15) is 6.61 Å². The highest BCUT2D eigenvalue weighted by molar-refractivity contribution is 8.77. The molecule has 1 fully saturated rings. The molecule has 1 N–H and O–H groups in total. The Hall–Kier alpha value is -0.0300. The van der Waals surface area contributed by atoms with Crippen molar-refractivity contribution in [1.82, 2.24) is 0 Å². The number of hydrogen-bond acceptors (Lipinski definition) is 9. The predicted molar refractivity (Wildman–Crippen MR) is 108 cm³/mol. The molecule has 1 saturated heterocycles. The van der Waals surface area contributed by atoms with Gasteiger partial charge in [-0.1, -0.05) is 28.0 Å². The summed E-state index contributed by atoms with van der Waals surface area (Å²) < 4.78 is 26.2. The lowest BCUT2D eigenvalue weighted by atomic mass is 10.1. The van der Waals surface area contributed by atoms with Crippen molar-refractivity contribution >= 4 is 27.6 Å². The van der Waals surface area contributed by atoms with Crippen LogP contribution in [0.2, 0.25) is 0 Å². The van der Waals surface area contributed by atoms with Crippen molar-refractivity contribution in [2.24, 2.45) is 0 Å². The monoisotopic (exact) mass is 426 g/mol. The molecule has 0 aromatic rings. The zero-order valence-corrected chi connectivity index (χ0v) is 17.7. The number of rotatable bonds is 19. The smallest absolute Gasteiger partial charge is 0.305 e. The molecule has 27 heavy (non-hydrogen) atoms. The summed E-state index contributed by atoms with van der Waals surface area (Å²) in [5.74, 6) is 1.13. The first-order chi connectivity index (χ1) is 13.3. The summed E-state index contributed by atoms with van der Waals surface area (Å²) in [6.45, 7) is 3.96. The number of aliphatic hydroxyl groups excluding tert-OH is 1. The van der Waals surface area contributed by atoms with Crippen LogP contribution in [0.3, 0.4) is 0 Å². The lowest BCUT2D eigenvalue weighted by molar-refractivity contribution is -0.145. The molecule has 160 valence electrons. The molecule has 0 amide bonds. The number of hydrogen-bond donors (Lipinski definition) is 1. The number of aliphatic hydroxyl groups is 1. The summed E-state index contributed by atoms with van der Waals surface area (Å²) in [6, 6.07) is 0. The Labute approximate surface area is 170 Å². The van der Waals surface area contributed by atoms with E-state index in [0.29, 0.717) is 65.9 Å². The van der Waals surface area contributed by atoms with Gasteiger partial charge in [0, 0.05) is 17.4 Å². The van der Waals surface area contributed by atoms with Gasteiger partial charge in [0.05, 0.1) is 59.5 Å². The Bertz CT molecular complexity index is 342. The van der Waals surface area contributed by atoms with Crippen molar-refractivity contribution < 1.29 is 33.6 Å². The topological polar surface area (TPSA) is 83.5 Å². The predicted octanol–water partition coefficient (Wildman–Crippen LogP) is 2.30. The molecule has 0 spiro atoms. The maximum absolute atomic E-state index is 11.6. The van der Waals surface area contributed by atoms with Gasteiger partial charge in [-0.05, 0) is 19.3 Å². The van der Waals surface area contributed by atoms with Crippen LogP contribution in [0, 0.1) is 0 Å². The van der Waals surface area contributed by atoms with Gasteiger partial charge in [0.15, 0.2) is 0 Å². The van der Waals surface area contributed by atoms with E-state index in [2.05, 4.69) is 0 Å². The first-order valence-corrected chi connectivity index (χ1v) is 12.1. The van der Waals surface area contributed by atoms with Crippen molar-refractivity contribution in [3.05, 3.63) is 0 Å². The van der Waals surface area contributed by atoms with Crippen LogP contribution in [0.5, 0.6) is 0 Å². The highest BCUT2D eigenvalue weighted by Gasteiger charge is 2.15. The van der Waals surface area contributed by atoms with Gasteiger partial charge in [-0.25, -0.2) is 0 Å². The highest BCUT2D eigenvalue weighted by Crippen LogP contribution is 2.39. The van der Waals surface area contributed by atoms with E-state index in [1.165, 1.54) is 18.6 Å². The molecule has 0 bridgehead atoms. The van der Waals surface area contributed by atoms with Gasteiger partial charge in [-0.3, -0.25) is 4.79 Å². The Kier molecular flexibility index (Phi) is 17.9. The maximum Gasteiger partial charge on any atom is 0.305 e. The molecule has 7 nitrogen and oxygen atoms in total. The Morgan fingerprint density at radius 1 is 0.852 bits per heavy atom. The fourth-order valence-corrected chi connectivity index (χ4v) is 5.35. The van der Waals surface area contributed by atoms with Crippen LogP contribution >= 0.6 is 21.6 Å². The second kappa shape index (κ2) is 19.3. The van der Waals surface area contributed by atoms with Gasteiger partial charge < -0.3 is 28.8 Å². The lowest BCUT2D eigenvalue weighted by Crippen LogP contribution is -2.14. The van der Waals surface area contributed by atoms with Gasteiger partial charge >= 0.3 is 5.97 Å². The fraction of sp³-hybridized carbons (Fsp3) is 0.944. The Balaban J connectivity index is 1.71. The molecule has 9 heteroatoms. The Morgan fingerprint density at radius 2 is 1.44 bits per heavy atom. The molecule has 1 heterocycles. The van der Waals surface area contributed by atoms with E-state index in [-0.39, 0.29) is 12.6 Å². The third-order valence-electron chi connectivity index (χ3n) is 3.73. The van der Waals surface area contributed by atoms with Gasteiger partial charge in [0.2, 0.25) is 0 Å². The molecule has 1 rings (SSSR count). The summed E-state index contributed by atoms with van der Waals surface area (Å²) in [5, 5.41) is 9.30. The van der Waals surface area contributed by atoms with E-state index in [1.54, 1.807) is 0 Å². The van der Waals surface area contributed by atoms with Gasteiger partial charge in [-0.15, -0.1) is 0 Å². The molecular formula is C18H34O7S2. The fourth-order valence-electron chi connectivity index (χ4n) is 2.32. The summed E-state index contributed by atoms with van der Waals surface area (Å²) >= 11 is 0. The van der Waals surface area contributed by atoms with E-state index in [0.717, 1.165) is 18.1 Å². The number of ether oxygens (including phenoxy) is 5. The minimum absolute atomic E-state index is 0.0291. The van der Waals surface area contributed by atoms with E-state index >= 15 is 0 Å². The molecule has 0 aromatic carbocycles. The third-order valence-corrected chi connectivity index (χ3v) is 6.73. The molecule has 1 aliphatic heterocycles. The summed E-state index contributed by atoms with van der Waals surface area (Å²) in [5.41, 5.74) is 0. The van der Waals surface area contributed by atoms with E-state index < -0.39 is 0 Å². The van der Waals surface area contributed by atoms with Crippen LogP contribution < -0.4 is 0 Å². The average Bonchev–Trinajstić information content (AvgIpc) is 3.19. The van der Waals surface area contributed by atoms with E-state index in [1.807, 2.05) is 21.6 Å². The molecular weight excluding hydrogens is 392 g/mol. The third kappa shape index (κ3) is 16.6. The molecule has 0 radical (unpaired) electrons. The van der Waals surface area contributed by atoms with Crippen LogP contribution in [-0.4, -0.2) is 88.1 Å². The van der Waals surface area contributed by atoms with E-state index in [4.69, 9.17) is 28.8 Å². The van der Waals surface area contributed by atoms with Crippen molar-refractivity contribution in [3.8, 4) is 0 Å². The second-order valence-corrected chi connectivity index (χ2v) is 8.76. The summed E-state index contributed by atoms with van der Waals surface area (Å²) in [6.07, 6.45) is 5.01. The first-order valence-electron chi connectivity index (χ1n) is 9.68. The molecule has 0 aromatic heterocycles. The average molecular weight is 427 g/mol. The van der Waals surface area contributed by atoms with Crippen LogP contribution in [0.25, 0.3) is 0 Å². The highest BCUT2D eigenvalue weighted by atomic mass is 33.1. The lowest BCUT2D eigenvalue weighted by Gasteiger charge is -2.08. The van der Waals surface area contributed by atoms with Crippen molar-refractivity contribution in [2.45, 2.75) is 37.4 Å². The number of unbranched alkanes of at least 4 members (excludes halogenated alkanes) is 1. The minimum Gasteiger partial charge on any atom is -0.463 e. The molecule has 0 aliphatic carbocycles. The van der Waals surface area contributed by atoms with Crippen LogP contribution in [0.1, 0.15) is 32.1 Å². The molecule has 1 aliphatic rings. The number of esters is 1. The zero-order valence-electron chi connectivity index (χ0n) is 16.1. The second-order valence-electron chi connectivity index (χ2n) is 5.97. The summed E-state index contributed by atoms with van der Waals surface area (Å²) in [4.78, 5) is 11.6. The van der Waals surface area contributed by atoms with E-state index in [9.17, 15) is 4.79 Å². The first kappa shape index (κ1) is 25.0. The van der Waals surface area contributed by atoms with Crippen LogP contribution in [0.4, 0.5) is 0 Å². The largest absolute Gasteiger partial charge is 0.463 e. The number of carbonyl (C=O) groups excluding carboxylic acids is 1. The van der Waals surface area contributed by atoms with Crippen LogP contribution in [-0.2, 0) is 28.5 Å². The molecule has 1 atom stereocenters. The minimum atomic E-state index is -0.136. The van der Waals surface area contributed by atoms with Crippen LogP contribution in [0.15, 0.2) is 0 Å². The maximum atomic E-state index is 11.6. The standard InChI is InChI=1S/C18H34O7S2/c19-6-7-21-8-9-22-10-11-23-12-13-24-14-15-25-18(20)4-2-1-3-17-5-16-26-27-17/h17,19H,1-16H2. The van der Waals surface area contributed by atoms with Crippen molar-refractivity contribution in [1.29, 1.82) is 0 Å². The van der Waals surface area contributed by atoms with Crippen molar-refractivity contribution in [2.75, 3.05) is 71.8 Å². The SMILES string of the molecule is O=C(CCCCC1CCSS1)OCCOCCOCCOCCOCCO. The van der Waals surface area contributed by atoms with Crippen molar-refractivity contribution in [3.63, 3.8) is 0 Å². The van der Waals surface area contributed by atoms with Gasteiger partial charge in [-0.2, -0.15) is 0 Å². The molecule has 1 unspecified atom stereocenters.